The van der Waals surface area contributed by atoms with Crippen LogP contribution in [0.1, 0.15) is 19.3 Å². The third-order valence-electron chi connectivity index (χ3n) is 4.06. The average Bonchev–Trinajstić information content (AvgIpc) is 3.23. The van der Waals surface area contributed by atoms with Gasteiger partial charge in [-0.05, 0) is 37.3 Å². The summed E-state index contributed by atoms with van der Waals surface area (Å²) in [6, 6.07) is 8.25. The third-order valence-corrected chi connectivity index (χ3v) is 4.06. The van der Waals surface area contributed by atoms with Crippen molar-refractivity contribution < 1.29 is 14.2 Å². The van der Waals surface area contributed by atoms with Crippen molar-refractivity contribution in [2.75, 3.05) is 26.9 Å². The number of hydrogen-bond donors (Lipinski definition) is 1. The van der Waals surface area contributed by atoms with Crippen molar-refractivity contribution >= 4 is 0 Å². The average molecular weight is 277 g/mol. The third kappa shape index (κ3) is 3.25. The van der Waals surface area contributed by atoms with Crippen LogP contribution in [0.4, 0.5) is 0 Å². The number of ether oxygens (including phenoxy) is 3. The largest absolute Gasteiger partial charge is 0.493 e. The fraction of sp³-hybridized carbons (Fsp3) is 0.625. The van der Waals surface area contributed by atoms with Crippen LogP contribution < -0.4 is 14.8 Å². The van der Waals surface area contributed by atoms with Crippen LogP contribution in [0.3, 0.4) is 0 Å². The van der Waals surface area contributed by atoms with Gasteiger partial charge < -0.3 is 19.5 Å². The van der Waals surface area contributed by atoms with Crippen molar-refractivity contribution in [2.24, 2.45) is 5.92 Å². The molecule has 1 aromatic carbocycles. The normalized spacial score (nSPS) is 25.6. The molecular formula is C16H23NO3. The molecule has 4 heteroatoms. The Morgan fingerprint density at radius 1 is 1.20 bits per heavy atom. The molecule has 0 bridgehead atoms. The van der Waals surface area contributed by atoms with Gasteiger partial charge in [0.25, 0.3) is 0 Å². The van der Waals surface area contributed by atoms with E-state index in [1.165, 1.54) is 12.8 Å². The van der Waals surface area contributed by atoms with Gasteiger partial charge in [0.05, 0.1) is 13.2 Å². The molecule has 4 nitrogen and oxygen atoms in total. The lowest BCUT2D eigenvalue weighted by Crippen LogP contribution is -2.39. The van der Waals surface area contributed by atoms with Crippen LogP contribution in [0.5, 0.6) is 11.5 Å². The summed E-state index contributed by atoms with van der Waals surface area (Å²) in [4.78, 5) is 0. The second-order valence-electron chi connectivity index (χ2n) is 5.52. The number of rotatable bonds is 7. The Bertz CT molecular complexity index is 433. The molecule has 2 atom stereocenters. The number of methoxy groups -OCH3 is 1. The van der Waals surface area contributed by atoms with Crippen molar-refractivity contribution in [3.63, 3.8) is 0 Å². The molecule has 1 saturated heterocycles. The van der Waals surface area contributed by atoms with Gasteiger partial charge in [0.15, 0.2) is 11.5 Å². The Balaban J connectivity index is 1.41. The van der Waals surface area contributed by atoms with Gasteiger partial charge in [-0.1, -0.05) is 12.1 Å². The van der Waals surface area contributed by atoms with Gasteiger partial charge in [0.1, 0.15) is 6.61 Å². The van der Waals surface area contributed by atoms with E-state index in [1.54, 1.807) is 7.11 Å². The molecule has 2 fully saturated rings. The maximum atomic E-state index is 5.82. The molecule has 1 heterocycles. The molecule has 2 aliphatic rings. The Morgan fingerprint density at radius 2 is 2.00 bits per heavy atom. The Labute approximate surface area is 120 Å². The van der Waals surface area contributed by atoms with Crippen LogP contribution in [0.2, 0.25) is 0 Å². The minimum absolute atomic E-state index is 0.432. The summed E-state index contributed by atoms with van der Waals surface area (Å²) in [6.45, 7) is 2.38. The molecule has 20 heavy (non-hydrogen) atoms. The number of benzene rings is 1. The molecule has 3 rings (SSSR count). The molecule has 0 spiro atoms. The van der Waals surface area contributed by atoms with Crippen molar-refractivity contribution in [1.82, 2.24) is 5.32 Å². The van der Waals surface area contributed by atoms with Crippen LogP contribution in [0.15, 0.2) is 24.3 Å². The van der Waals surface area contributed by atoms with E-state index >= 15 is 0 Å². The fourth-order valence-corrected chi connectivity index (χ4v) is 2.86. The maximum Gasteiger partial charge on any atom is 0.161 e. The summed E-state index contributed by atoms with van der Waals surface area (Å²) >= 11 is 0. The topological polar surface area (TPSA) is 39.7 Å². The van der Waals surface area contributed by atoms with Crippen molar-refractivity contribution in [3.05, 3.63) is 24.3 Å². The molecule has 1 N–H and O–H groups in total. The smallest absolute Gasteiger partial charge is 0.161 e. The highest BCUT2D eigenvalue weighted by Crippen LogP contribution is 2.38. The van der Waals surface area contributed by atoms with Gasteiger partial charge in [-0.25, -0.2) is 0 Å². The second-order valence-corrected chi connectivity index (χ2v) is 5.52. The maximum absolute atomic E-state index is 5.82. The van der Waals surface area contributed by atoms with E-state index in [0.717, 1.165) is 37.0 Å². The van der Waals surface area contributed by atoms with Gasteiger partial charge in [-0.3, -0.25) is 0 Å². The van der Waals surface area contributed by atoms with Gasteiger partial charge in [0, 0.05) is 19.2 Å². The summed E-state index contributed by atoms with van der Waals surface area (Å²) in [5, 5.41) is 3.57. The van der Waals surface area contributed by atoms with Gasteiger partial charge in [-0.2, -0.15) is 0 Å². The van der Waals surface area contributed by atoms with E-state index in [2.05, 4.69) is 5.32 Å². The summed E-state index contributed by atoms with van der Waals surface area (Å²) in [5.41, 5.74) is 0. The first-order valence-electron chi connectivity index (χ1n) is 7.49. The molecular weight excluding hydrogens is 254 g/mol. The molecule has 2 unspecified atom stereocenters. The van der Waals surface area contributed by atoms with Gasteiger partial charge in [0.2, 0.25) is 0 Å². The predicted octanol–water partition coefficient (Wildman–Crippen LogP) is 2.23. The van der Waals surface area contributed by atoms with Gasteiger partial charge in [-0.15, -0.1) is 0 Å². The van der Waals surface area contributed by atoms with Crippen LogP contribution in [0, 0.1) is 5.92 Å². The van der Waals surface area contributed by atoms with E-state index < -0.39 is 0 Å². The van der Waals surface area contributed by atoms with E-state index in [1.807, 2.05) is 24.3 Å². The first-order chi connectivity index (χ1) is 9.88. The van der Waals surface area contributed by atoms with E-state index in [9.17, 15) is 0 Å². The standard InChI is InChI=1S/C16H23NO3/c1-18-14-4-2-3-5-15(14)19-11-9-17-13-8-10-20-16(13)12-6-7-12/h2-5,12-13,16-17H,6-11H2,1H3. The lowest BCUT2D eigenvalue weighted by atomic mass is 10.1. The highest BCUT2D eigenvalue weighted by atomic mass is 16.5. The van der Waals surface area contributed by atoms with Crippen molar-refractivity contribution in [1.29, 1.82) is 0 Å². The second kappa shape index (κ2) is 6.46. The van der Waals surface area contributed by atoms with Gasteiger partial charge >= 0.3 is 0 Å². The summed E-state index contributed by atoms with van der Waals surface area (Å²) in [5.74, 6) is 2.39. The zero-order chi connectivity index (χ0) is 13.8. The lowest BCUT2D eigenvalue weighted by Gasteiger charge is -2.19. The molecule has 1 saturated carbocycles. The summed E-state index contributed by atoms with van der Waals surface area (Å²) < 4.78 is 16.9. The molecule has 1 aromatic rings. The number of nitrogens with one attached hydrogen (secondary N) is 1. The van der Waals surface area contributed by atoms with Crippen LogP contribution >= 0.6 is 0 Å². The fourth-order valence-electron chi connectivity index (χ4n) is 2.86. The monoisotopic (exact) mass is 277 g/mol. The van der Waals surface area contributed by atoms with Crippen LogP contribution in [-0.2, 0) is 4.74 Å². The van der Waals surface area contributed by atoms with E-state index in [0.29, 0.717) is 18.8 Å². The Morgan fingerprint density at radius 3 is 2.75 bits per heavy atom. The Hall–Kier alpha value is -1.26. The molecule has 1 aliphatic heterocycles. The van der Waals surface area contributed by atoms with Crippen molar-refractivity contribution in [2.45, 2.75) is 31.4 Å². The van der Waals surface area contributed by atoms with Crippen molar-refractivity contribution in [3.8, 4) is 11.5 Å². The summed E-state index contributed by atoms with van der Waals surface area (Å²) in [6.07, 6.45) is 4.22. The minimum Gasteiger partial charge on any atom is -0.493 e. The highest BCUT2D eigenvalue weighted by molar-refractivity contribution is 5.39. The molecule has 110 valence electrons. The number of para-hydroxylation sites is 2. The first-order valence-corrected chi connectivity index (χ1v) is 7.49. The number of hydrogen-bond acceptors (Lipinski definition) is 4. The molecule has 0 aromatic heterocycles. The molecule has 1 aliphatic carbocycles. The van der Waals surface area contributed by atoms with E-state index in [4.69, 9.17) is 14.2 Å². The highest BCUT2D eigenvalue weighted by Gasteiger charge is 2.40. The van der Waals surface area contributed by atoms with E-state index in [-0.39, 0.29) is 0 Å². The lowest BCUT2D eigenvalue weighted by molar-refractivity contribution is 0.0804. The molecule has 0 amide bonds. The SMILES string of the molecule is COc1ccccc1OCCNC1CCOC1C1CC1. The first kappa shape index (κ1) is 13.7. The van der Waals surface area contributed by atoms with Crippen LogP contribution in [0.25, 0.3) is 0 Å². The zero-order valence-electron chi connectivity index (χ0n) is 12.0. The predicted molar refractivity (Wildman–Crippen MR) is 77.4 cm³/mol. The quantitative estimate of drug-likeness (QED) is 0.776. The van der Waals surface area contributed by atoms with Crippen LogP contribution in [-0.4, -0.2) is 39.0 Å². The summed E-state index contributed by atoms with van der Waals surface area (Å²) in [7, 11) is 1.66. The zero-order valence-corrected chi connectivity index (χ0v) is 12.0. The Kier molecular flexibility index (Phi) is 4.43. The minimum atomic E-state index is 0.432. The molecule has 0 radical (unpaired) electrons.